The smallest absolute Gasteiger partial charge is 0.184 e. The molecule has 1 saturated heterocycles. The Kier molecular flexibility index (Phi) is 4.43. The molecule has 0 radical (unpaired) electrons. The fourth-order valence-electron chi connectivity index (χ4n) is 5.75. The van der Waals surface area contributed by atoms with Crippen molar-refractivity contribution in [1.29, 1.82) is 0 Å². The average Bonchev–Trinajstić information content (AvgIpc) is 3.59. The molecular weight excluding hydrogens is 456 g/mol. The predicted octanol–water partition coefficient (Wildman–Crippen LogP) is 3.81. The van der Waals surface area contributed by atoms with Crippen LogP contribution in [0, 0.1) is 5.41 Å². The number of nitrogens with two attached hydrogens (primary N) is 1. The molecule has 33 heavy (non-hydrogen) atoms. The molecule has 2 aromatic heterocycles. The molecule has 0 saturated carbocycles. The number of piperidine rings is 1. The number of thiazole rings is 1. The van der Waals surface area contributed by atoms with Crippen LogP contribution in [-0.2, 0) is 30.9 Å². The topological polar surface area (TPSA) is 89.5 Å². The number of benzene rings is 1. The molecule has 0 unspecified atom stereocenters. The zero-order valence-corrected chi connectivity index (χ0v) is 19.6. The monoisotopic (exact) mass is 478 g/mol. The summed E-state index contributed by atoms with van der Waals surface area (Å²) in [4.78, 5) is 22.6. The summed E-state index contributed by atoms with van der Waals surface area (Å²) in [5.41, 5.74) is 14.3. The molecule has 1 aliphatic carbocycles. The number of nitrogens with zero attached hydrogens (tertiary/aromatic N) is 5. The highest BCUT2D eigenvalue weighted by atomic mass is 35.5. The van der Waals surface area contributed by atoms with E-state index in [-0.39, 0.29) is 11.5 Å². The molecule has 3 aromatic rings. The molecule has 7 rings (SSSR count). The van der Waals surface area contributed by atoms with Gasteiger partial charge in [-0.25, -0.2) is 15.0 Å². The maximum absolute atomic E-state index is 6.67. The van der Waals surface area contributed by atoms with E-state index >= 15 is 0 Å². The average molecular weight is 479 g/mol. The maximum atomic E-state index is 6.67. The minimum atomic E-state index is 0.0273. The lowest BCUT2D eigenvalue weighted by Gasteiger charge is -2.42. The number of aromatic nitrogens is 3. The van der Waals surface area contributed by atoms with Gasteiger partial charge in [0, 0.05) is 29.6 Å². The Morgan fingerprint density at radius 1 is 1.12 bits per heavy atom. The van der Waals surface area contributed by atoms with Gasteiger partial charge in [0.1, 0.15) is 11.5 Å². The number of halogens is 1. The highest BCUT2D eigenvalue weighted by Crippen LogP contribution is 2.53. The van der Waals surface area contributed by atoms with E-state index in [1.54, 1.807) is 11.3 Å². The van der Waals surface area contributed by atoms with Crippen LogP contribution in [0.4, 0.5) is 5.82 Å². The number of fused-ring (bicyclic) bond motifs is 3. The Labute approximate surface area is 200 Å². The van der Waals surface area contributed by atoms with Crippen molar-refractivity contribution in [2.24, 2.45) is 16.1 Å². The van der Waals surface area contributed by atoms with E-state index in [4.69, 9.17) is 37.0 Å². The van der Waals surface area contributed by atoms with Gasteiger partial charge >= 0.3 is 0 Å². The molecule has 9 heteroatoms. The summed E-state index contributed by atoms with van der Waals surface area (Å²) in [7, 11) is 0. The van der Waals surface area contributed by atoms with Crippen LogP contribution in [0.3, 0.4) is 0 Å². The third kappa shape index (κ3) is 3.08. The highest BCUT2D eigenvalue weighted by Gasteiger charge is 2.48. The fraction of sp³-hybridized carbons (Fsp3) is 0.417. The Bertz CT molecular complexity index is 1310. The van der Waals surface area contributed by atoms with Gasteiger partial charge in [0.2, 0.25) is 0 Å². The molecule has 168 valence electrons. The quantitative estimate of drug-likeness (QED) is 0.602. The second kappa shape index (κ2) is 7.30. The van der Waals surface area contributed by atoms with Gasteiger partial charge in [0.05, 0.1) is 43.1 Å². The van der Waals surface area contributed by atoms with Crippen LogP contribution < -0.4 is 10.6 Å². The summed E-state index contributed by atoms with van der Waals surface area (Å²) in [6, 6.07) is 6.47. The van der Waals surface area contributed by atoms with E-state index in [9.17, 15) is 0 Å². The van der Waals surface area contributed by atoms with E-state index in [1.165, 1.54) is 16.0 Å². The summed E-state index contributed by atoms with van der Waals surface area (Å²) in [6.45, 7) is 3.78. The molecule has 5 heterocycles. The third-order valence-corrected chi connectivity index (χ3v) is 8.97. The summed E-state index contributed by atoms with van der Waals surface area (Å²) < 4.78 is 6.16. The minimum Gasteiger partial charge on any atom is -0.372 e. The van der Waals surface area contributed by atoms with Gasteiger partial charge in [-0.1, -0.05) is 23.7 Å². The van der Waals surface area contributed by atoms with Crippen molar-refractivity contribution in [1.82, 2.24) is 15.0 Å². The second-order valence-corrected chi connectivity index (χ2v) is 11.1. The van der Waals surface area contributed by atoms with Crippen LogP contribution in [0.15, 0.2) is 29.4 Å². The lowest BCUT2D eigenvalue weighted by Crippen LogP contribution is -2.44. The van der Waals surface area contributed by atoms with Crippen molar-refractivity contribution < 1.29 is 4.74 Å². The molecule has 4 aliphatic rings. The summed E-state index contributed by atoms with van der Waals surface area (Å²) in [5, 5.41) is 0. The molecule has 1 spiro atoms. The zero-order valence-electron chi connectivity index (χ0n) is 18.1. The lowest BCUT2D eigenvalue weighted by molar-refractivity contribution is 0.134. The Balaban J connectivity index is 1.09. The SMILES string of the molecule is N[C@@H]1c2sc(Cl)nc2CC12CCN(c1cnc3c(n1)CN=C3c1ccc3c(c1)COC3)CC2. The standard InChI is InChI=1S/C24H23ClN6OS/c25-23-30-16-8-24(22(26)21(16)33-23)3-5-31(6-4-24)18-10-28-20-17(29-18)9-27-19(20)13-1-2-14-11-32-12-15(14)7-13/h1-2,7,10,22H,3-6,8-9,11-12,26H2/t22-/m1/s1. The van der Waals surface area contributed by atoms with Crippen LogP contribution >= 0.6 is 22.9 Å². The molecule has 0 amide bonds. The summed E-state index contributed by atoms with van der Waals surface area (Å²) in [6.07, 6.45) is 4.87. The molecule has 1 fully saturated rings. The molecule has 1 aromatic carbocycles. The summed E-state index contributed by atoms with van der Waals surface area (Å²) >= 11 is 7.65. The first kappa shape index (κ1) is 20.0. The van der Waals surface area contributed by atoms with Gasteiger partial charge in [-0.2, -0.15) is 0 Å². The lowest BCUT2D eigenvalue weighted by atomic mass is 9.74. The van der Waals surface area contributed by atoms with Crippen molar-refractivity contribution in [3.05, 3.63) is 67.5 Å². The molecule has 2 N–H and O–H groups in total. The molecule has 7 nitrogen and oxygen atoms in total. The van der Waals surface area contributed by atoms with Gasteiger partial charge in [-0.05, 0) is 41.9 Å². The van der Waals surface area contributed by atoms with E-state index in [2.05, 4.69) is 28.1 Å². The molecule has 1 atom stereocenters. The van der Waals surface area contributed by atoms with Crippen molar-refractivity contribution >= 4 is 34.5 Å². The van der Waals surface area contributed by atoms with Crippen molar-refractivity contribution in [2.75, 3.05) is 18.0 Å². The van der Waals surface area contributed by atoms with Gasteiger partial charge in [0.15, 0.2) is 4.47 Å². The first-order valence-corrected chi connectivity index (χ1v) is 12.6. The molecular formula is C24H23ClN6OS. The predicted molar refractivity (Wildman–Crippen MR) is 128 cm³/mol. The van der Waals surface area contributed by atoms with Crippen molar-refractivity contribution in [2.45, 2.75) is 45.1 Å². The van der Waals surface area contributed by atoms with Gasteiger partial charge in [-0.15, -0.1) is 11.3 Å². The zero-order chi connectivity index (χ0) is 22.2. The fourth-order valence-corrected chi connectivity index (χ4v) is 7.05. The largest absolute Gasteiger partial charge is 0.372 e. The molecule has 0 bridgehead atoms. The van der Waals surface area contributed by atoms with Gasteiger partial charge in [-0.3, -0.25) is 4.99 Å². The van der Waals surface area contributed by atoms with Crippen LogP contribution in [0.2, 0.25) is 4.47 Å². The van der Waals surface area contributed by atoms with E-state index in [1.807, 2.05) is 6.20 Å². The van der Waals surface area contributed by atoms with Crippen molar-refractivity contribution in [3.63, 3.8) is 0 Å². The van der Waals surface area contributed by atoms with Gasteiger partial charge < -0.3 is 15.4 Å². The normalized spacial score (nSPS) is 22.4. The number of hydrogen-bond acceptors (Lipinski definition) is 8. The number of ether oxygens (including phenoxy) is 1. The molecule has 3 aliphatic heterocycles. The highest BCUT2D eigenvalue weighted by molar-refractivity contribution is 7.16. The van der Waals surface area contributed by atoms with E-state index < -0.39 is 0 Å². The van der Waals surface area contributed by atoms with Crippen LogP contribution in [0.25, 0.3) is 0 Å². The summed E-state index contributed by atoms with van der Waals surface area (Å²) in [5.74, 6) is 0.935. The van der Waals surface area contributed by atoms with Crippen LogP contribution in [0.5, 0.6) is 0 Å². The maximum Gasteiger partial charge on any atom is 0.184 e. The Morgan fingerprint density at radius 3 is 2.82 bits per heavy atom. The number of hydrogen-bond donors (Lipinski definition) is 1. The van der Waals surface area contributed by atoms with E-state index in [0.29, 0.717) is 24.2 Å². The minimum absolute atomic E-state index is 0.0273. The Hall–Kier alpha value is -2.39. The third-order valence-electron chi connectivity index (χ3n) is 7.68. The first-order valence-electron chi connectivity index (χ1n) is 11.4. The number of aliphatic imine (C=N–C) groups is 1. The van der Waals surface area contributed by atoms with Gasteiger partial charge in [0.25, 0.3) is 0 Å². The van der Waals surface area contributed by atoms with E-state index in [0.717, 1.165) is 66.5 Å². The number of rotatable bonds is 2. The van der Waals surface area contributed by atoms with Crippen LogP contribution in [0.1, 0.15) is 57.5 Å². The Morgan fingerprint density at radius 2 is 1.97 bits per heavy atom. The number of anilines is 1. The van der Waals surface area contributed by atoms with Crippen molar-refractivity contribution in [3.8, 4) is 0 Å². The first-order chi connectivity index (χ1) is 16.1. The second-order valence-electron chi connectivity index (χ2n) is 9.45. The van der Waals surface area contributed by atoms with Crippen LogP contribution in [-0.4, -0.2) is 33.8 Å².